The van der Waals surface area contributed by atoms with Crippen LogP contribution in [0.3, 0.4) is 0 Å². The van der Waals surface area contributed by atoms with E-state index in [9.17, 15) is 22.4 Å². The Balaban J connectivity index is 3.54. The summed E-state index contributed by atoms with van der Waals surface area (Å²) in [5.74, 6) is -1.98. The highest BCUT2D eigenvalue weighted by molar-refractivity contribution is 6.34. The number of hydrogen-bond acceptors (Lipinski definition) is 1. The van der Waals surface area contributed by atoms with Gasteiger partial charge in [-0.1, -0.05) is 11.6 Å². The Morgan fingerprint density at radius 3 is 2.27 bits per heavy atom. The van der Waals surface area contributed by atoms with Crippen LogP contribution in [0.2, 0.25) is 5.02 Å². The maximum absolute atomic E-state index is 12.7. The molecule has 0 fully saturated rings. The second-order valence-corrected chi connectivity index (χ2v) is 3.27. The molecule has 0 N–H and O–H groups in total. The summed E-state index contributed by atoms with van der Waals surface area (Å²) in [6, 6.07) is 0.927. The van der Waals surface area contributed by atoms with E-state index in [1.54, 1.807) is 0 Å². The molecular weight excluding hydrogens is 236 g/mol. The first-order valence-corrected chi connectivity index (χ1v) is 4.18. The molecule has 0 aliphatic heterocycles. The highest BCUT2D eigenvalue weighted by Gasteiger charge is 2.36. The molecule has 1 nitrogen and oxygen atoms in total. The number of benzene rings is 1. The van der Waals surface area contributed by atoms with Crippen molar-refractivity contribution >= 4 is 17.4 Å². The minimum absolute atomic E-state index is 0.253. The first-order chi connectivity index (χ1) is 6.73. The van der Waals surface area contributed by atoms with Crippen molar-refractivity contribution in [1.82, 2.24) is 0 Å². The van der Waals surface area contributed by atoms with Crippen molar-refractivity contribution in [2.24, 2.45) is 0 Å². The van der Waals surface area contributed by atoms with Crippen LogP contribution in [0.5, 0.6) is 0 Å². The predicted molar refractivity (Wildman–Crippen MR) is 46.4 cm³/mol. The number of carbonyl (C=O) groups is 1. The summed E-state index contributed by atoms with van der Waals surface area (Å²) in [6.45, 7) is 0.939. The lowest BCUT2D eigenvalue weighted by Crippen LogP contribution is -2.12. The van der Waals surface area contributed by atoms with Gasteiger partial charge in [0, 0.05) is 5.56 Å². The number of Topliss-reactive ketones (excluding diaryl/α,β-unsaturated/α-hetero) is 1. The topological polar surface area (TPSA) is 17.1 Å². The number of alkyl halides is 3. The van der Waals surface area contributed by atoms with Crippen molar-refractivity contribution in [2.45, 2.75) is 13.1 Å². The highest BCUT2D eigenvalue weighted by Crippen LogP contribution is 2.35. The van der Waals surface area contributed by atoms with Crippen LogP contribution in [-0.4, -0.2) is 5.78 Å². The quantitative estimate of drug-likeness (QED) is 0.540. The molecule has 0 amide bonds. The van der Waals surface area contributed by atoms with Crippen LogP contribution >= 0.6 is 11.6 Å². The summed E-state index contributed by atoms with van der Waals surface area (Å²) in [5, 5.41) is -0.533. The SMILES string of the molecule is CC(=O)c1c(Cl)cc(F)cc1C(F)(F)F. The third kappa shape index (κ3) is 2.47. The molecule has 0 spiro atoms. The summed E-state index contributed by atoms with van der Waals surface area (Å²) in [4.78, 5) is 10.9. The van der Waals surface area contributed by atoms with E-state index < -0.39 is 33.9 Å². The number of carbonyl (C=O) groups excluding carboxylic acids is 1. The van der Waals surface area contributed by atoms with Gasteiger partial charge in [-0.05, 0) is 19.1 Å². The average Bonchev–Trinajstić information content (AvgIpc) is 1.99. The maximum Gasteiger partial charge on any atom is 0.417 e. The number of rotatable bonds is 1. The fourth-order valence-corrected chi connectivity index (χ4v) is 1.49. The number of halogens is 5. The minimum atomic E-state index is -4.80. The van der Waals surface area contributed by atoms with Crippen LogP contribution in [0.1, 0.15) is 22.8 Å². The van der Waals surface area contributed by atoms with Crippen molar-refractivity contribution in [1.29, 1.82) is 0 Å². The van der Waals surface area contributed by atoms with E-state index in [0.29, 0.717) is 6.07 Å². The molecule has 0 saturated heterocycles. The van der Waals surface area contributed by atoms with Crippen molar-refractivity contribution in [3.05, 3.63) is 34.1 Å². The van der Waals surface area contributed by atoms with Gasteiger partial charge >= 0.3 is 6.18 Å². The fourth-order valence-electron chi connectivity index (χ4n) is 1.15. The second kappa shape index (κ2) is 3.81. The van der Waals surface area contributed by atoms with E-state index in [2.05, 4.69) is 0 Å². The van der Waals surface area contributed by atoms with Gasteiger partial charge in [0.05, 0.1) is 10.6 Å². The van der Waals surface area contributed by atoms with Crippen LogP contribution < -0.4 is 0 Å². The van der Waals surface area contributed by atoms with E-state index >= 15 is 0 Å². The van der Waals surface area contributed by atoms with Gasteiger partial charge < -0.3 is 0 Å². The van der Waals surface area contributed by atoms with E-state index in [0.717, 1.165) is 6.92 Å². The first-order valence-electron chi connectivity index (χ1n) is 3.80. The summed E-state index contributed by atoms with van der Waals surface area (Å²) in [6.07, 6.45) is -4.80. The Morgan fingerprint density at radius 2 is 1.87 bits per heavy atom. The molecule has 0 atom stereocenters. The molecule has 0 radical (unpaired) electrons. The molecule has 6 heteroatoms. The van der Waals surface area contributed by atoms with Gasteiger partial charge in [-0.2, -0.15) is 13.2 Å². The molecular formula is C9H5ClF4O. The fraction of sp³-hybridized carbons (Fsp3) is 0.222. The Labute approximate surface area is 87.7 Å². The molecule has 0 bridgehead atoms. The third-order valence-electron chi connectivity index (χ3n) is 1.71. The summed E-state index contributed by atoms with van der Waals surface area (Å²) >= 11 is 5.37. The molecule has 0 aliphatic rings. The van der Waals surface area contributed by atoms with Crippen LogP contribution in [0.15, 0.2) is 12.1 Å². The molecule has 82 valence electrons. The monoisotopic (exact) mass is 240 g/mol. The Bertz CT molecular complexity index is 411. The molecule has 1 aromatic carbocycles. The largest absolute Gasteiger partial charge is 0.417 e. The van der Waals surface area contributed by atoms with Gasteiger partial charge in [-0.3, -0.25) is 4.79 Å². The zero-order chi connectivity index (χ0) is 11.8. The van der Waals surface area contributed by atoms with Gasteiger partial charge in [0.25, 0.3) is 0 Å². The normalized spacial score (nSPS) is 11.6. The predicted octanol–water partition coefficient (Wildman–Crippen LogP) is 3.70. The highest BCUT2D eigenvalue weighted by atomic mass is 35.5. The Hall–Kier alpha value is -1.10. The third-order valence-corrected chi connectivity index (χ3v) is 2.01. The van der Waals surface area contributed by atoms with Crippen molar-refractivity contribution in [3.63, 3.8) is 0 Å². The summed E-state index contributed by atoms with van der Waals surface area (Å²) in [5.41, 5.74) is -2.05. The van der Waals surface area contributed by atoms with Crippen LogP contribution in [0.4, 0.5) is 17.6 Å². The maximum atomic E-state index is 12.7. The average molecular weight is 241 g/mol. The zero-order valence-corrected chi connectivity index (χ0v) is 8.21. The lowest BCUT2D eigenvalue weighted by molar-refractivity contribution is -0.138. The molecule has 1 aromatic rings. The molecule has 0 aliphatic carbocycles. The Kier molecular flexibility index (Phi) is 3.04. The standard InChI is InChI=1S/C9H5ClF4O/c1-4(15)8-6(9(12,13)14)2-5(11)3-7(8)10/h2-3H,1H3. The molecule has 0 saturated carbocycles. The van der Waals surface area contributed by atoms with Crippen LogP contribution in [-0.2, 0) is 6.18 Å². The Morgan fingerprint density at radius 1 is 1.33 bits per heavy atom. The van der Waals surface area contributed by atoms with Crippen LogP contribution in [0.25, 0.3) is 0 Å². The van der Waals surface area contributed by atoms with E-state index in [4.69, 9.17) is 11.6 Å². The second-order valence-electron chi connectivity index (χ2n) is 2.86. The zero-order valence-electron chi connectivity index (χ0n) is 7.45. The van der Waals surface area contributed by atoms with Gasteiger partial charge in [0.2, 0.25) is 0 Å². The van der Waals surface area contributed by atoms with Crippen LogP contribution in [0, 0.1) is 5.82 Å². The lowest BCUT2D eigenvalue weighted by atomic mass is 10.0. The van der Waals surface area contributed by atoms with Gasteiger partial charge in [0.15, 0.2) is 5.78 Å². The first kappa shape index (κ1) is 12.0. The summed E-state index contributed by atoms with van der Waals surface area (Å²) in [7, 11) is 0. The summed E-state index contributed by atoms with van der Waals surface area (Å²) < 4.78 is 49.9. The molecule has 0 unspecified atom stereocenters. The van der Waals surface area contributed by atoms with E-state index in [1.807, 2.05) is 0 Å². The van der Waals surface area contributed by atoms with Crippen molar-refractivity contribution < 1.29 is 22.4 Å². The van der Waals surface area contributed by atoms with Gasteiger partial charge in [0.1, 0.15) is 5.82 Å². The number of ketones is 1. The number of hydrogen-bond donors (Lipinski definition) is 0. The smallest absolute Gasteiger partial charge is 0.294 e. The van der Waals surface area contributed by atoms with Crippen molar-refractivity contribution in [2.75, 3.05) is 0 Å². The van der Waals surface area contributed by atoms with E-state index in [-0.39, 0.29) is 6.07 Å². The molecule has 0 heterocycles. The lowest BCUT2D eigenvalue weighted by Gasteiger charge is -2.12. The van der Waals surface area contributed by atoms with Crippen molar-refractivity contribution in [3.8, 4) is 0 Å². The van der Waals surface area contributed by atoms with Gasteiger partial charge in [-0.25, -0.2) is 4.39 Å². The molecule has 1 rings (SSSR count). The van der Waals surface area contributed by atoms with Gasteiger partial charge in [-0.15, -0.1) is 0 Å². The molecule has 15 heavy (non-hydrogen) atoms. The molecule has 0 aromatic heterocycles. The van der Waals surface area contributed by atoms with E-state index in [1.165, 1.54) is 0 Å². The minimum Gasteiger partial charge on any atom is -0.294 e.